The molecule has 1 aromatic heterocycles. The molecule has 0 aromatic carbocycles. The summed E-state index contributed by atoms with van der Waals surface area (Å²) in [6, 6.07) is 0. The molecule has 1 atom stereocenters. The van der Waals surface area contributed by atoms with Gasteiger partial charge in [0.15, 0.2) is 0 Å². The van der Waals surface area contributed by atoms with Gasteiger partial charge in [0.2, 0.25) is 5.89 Å². The second-order valence-electron chi connectivity index (χ2n) is 6.16. The van der Waals surface area contributed by atoms with Gasteiger partial charge in [-0.25, -0.2) is 0 Å². The number of rotatable bonds is 2. The third-order valence-electron chi connectivity index (χ3n) is 4.63. The number of hydrogen-bond donors (Lipinski definition) is 1. The van der Waals surface area contributed by atoms with Gasteiger partial charge >= 0.3 is 0 Å². The number of nitrogens with zero attached hydrogens (tertiary/aromatic N) is 3. The van der Waals surface area contributed by atoms with Crippen LogP contribution in [-0.2, 0) is 0 Å². The van der Waals surface area contributed by atoms with E-state index < -0.39 is 0 Å². The van der Waals surface area contributed by atoms with Crippen molar-refractivity contribution in [3.05, 3.63) is 5.89 Å². The van der Waals surface area contributed by atoms with Crippen LogP contribution in [0.15, 0.2) is 4.52 Å². The molecule has 5 heteroatoms. The van der Waals surface area contributed by atoms with Gasteiger partial charge < -0.3 is 14.7 Å². The molecule has 3 fully saturated rings. The van der Waals surface area contributed by atoms with E-state index in [1.165, 1.54) is 32.1 Å². The maximum Gasteiger partial charge on any atom is 0.266 e. The number of piperidine rings is 1. The highest BCUT2D eigenvalue weighted by molar-refractivity contribution is 5.31. The topological polar surface area (TPSA) is 54.2 Å². The van der Waals surface area contributed by atoms with Crippen molar-refractivity contribution in [3.63, 3.8) is 0 Å². The van der Waals surface area contributed by atoms with Crippen molar-refractivity contribution in [1.82, 2.24) is 15.5 Å². The Morgan fingerprint density at radius 3 is 3.06 bits per heavy atom. The van der Waals surface area contributed by atoms with Crippen molar-refractivity contribution < 1.29 is 4.52 Å². The van der Waals surface area contributed by atoms with Gasteiger partial charge in [0.1, 0.15) is 0 Å². The monoisotopic (exact) mass is 248 g/mol. The molecule has 4 rings (SSSR count). The lowest BCUT2D eigenvalue weighted by Gasteiger charge is -2.39. The molecular weight excluding hydrogens is 228 g/mol. The Morgan fingerprint density at radius 1 is 1.33 bits per heavy atom. The summed E-state index contributed by atoms with van der Waals surface area (Å²) < 4.78 is 5.37. The second-order valence-corrected chi connectivity index (χ2v) is 6.16. The molecule has 2 saturated heterocycles. The second kappa shape index (κ2) is 3.95. The molecule has 5 nitrogen and oxygen atoms in total. The van der Waals surface area contributed by atoms with Crippen molar-refractivity contribution in [3.8, 4) is 0 Å². The SMILES string of the molecule is C1CN(c2noc(C3CC3)n2)CC2(C1)CCNC2. The lowest BCUT2D eigenvalue weighted by Crippen LogP contribution is -2.45. The molecule has 0 amide bonds. The predicted molar refractivity (Wildman–Crippen MR) is 67.6 cm³/mol. The normalized spacial score (nSPS) is 32.3. The Kier molecular flexibility index (Phi) is 2.37. The highest BCUT2D eigenvalue weighted by Gasteiger charge is 2.39. The zero-order valence-electron chi connectivity index (χ0n) is 10.7. The van der Waals surface area contributed by atoms with Crippen LogP contribution >= 0.6 is 0 Å². The van der Waals surface area contributed by atoms with Crippen LogP contribution in [0.25, 0.3) is 0 Å². The lowest BCUT2D eigenvalue weighted by atomic mass is 9.79. The zero-order chi connectivity index (χ0) is 12.0. The van der Waals surface area contributed by atoms with Crippen molar-refractivity contribution in [2.45, 2.75) is 38.0 Å². The molecule has 98 valence electrons. The summed E-state index contributed by atoms with van der Waals surface area (Å²) in [5.41, 5.74) is 0.457. The average Bonchev–Trinajstić information content (AvgIpc) is 2.96. The smallest absolute Gasteiger partial charge is 0.266 e. The molecule has 1 spiro atoms. The van der Waals surface area contributed by atoms with E-state index in [2.05, 4.69) is 20.4 Å². The van der Waals surface area contributed by atoms with Crippen molar-refractivity contribution in [2.24, 2.45) is 5.41 Å². The zero-order valence-corrected chi connectivity index (χ0v) is 10.7. The van der Waals surface area contributed by atoms with Gasteiger partial charge in [-0.2, -0.15) is 4.98 Å². The predicted octanol–water partition coefficient (Wildman–Crippen LogP) is 1.53. The Bertz CT molecular complexity index is 434. The van der Waals surface area contributed by atoms with E-state index in [0.717, 1.165) is 38.0 Å². The van der Waals surface area contributed by atoms with E-state index in [1.807, 2.05) is 0 Å². The molecule has 1 aromatic rings. The van der Waals surface area contributed by atoms with Crippen molar-refractivity contribution in [1.29, 1.82) is 0 Å². The fourth-order valence-electron chi connectivity index (χ4n) is 3.37. The fraction of sp³-hybridized carbons (Fsp3) is 0.846. The first-order valence-electron chi connectivity index (χ1n) is 7.14. The van der Waals surface area contributed by atoms with Crippen LogP contribution in [0.3, 0.4) is 0 Å². The van der Waals surface area contributed by atoms with Gasteiger partial charge in [-0.1, -0.05) is 0 Å². The molecule has 1 aliphatic carbocycles. The van der Waals surface area contributed by atoms with Crippen molar-refractivity contribution in [2.75, 3.05) is 31.1 Å². The first-order valence-corrected chi connectivity index (χ1v) is 7.14. The minimum absolute atomic E-state index is 0.457. The summed E-state index contributed by atoms with van der Waals surface area (Å²) in [6.07, 6.45) is 6.31. The van der Waals surface area contributed by atoms with E-state index in [9.17, 15) is 0 Å². The van der Waals surface area contributed by atoms with Gasteiger partial charge in [-0.3, -0.25) is 0 Å². The van der Waals surface area contributed by atoms with E-state index in [4.69, 9.17) is 4.52 Å². The Labute approximate surface area is 107 Å². The molecule has 3 heterocycles. The molecule has 0 bridgehead atoms. The highest BCUT2D eigenvalue weighted by Crippen LogP contribution is 2.40. The largest absolute Gasteiger partial charge is 0.338 e. The van der Waals surface area contributed by atoms with Crippen LogP contribution in [0.4, 0.5) is 5.95 Å². The summed E-state index contributed by atoms with van der Waals surface area (Å²) >= 11 is 0. The highest BCUT2D eigenvalue weighted by atomic mass is 16.5. The molecular formula is C13H20N4O. The van der Waals surface area contributed by atoms with Gasteiger partial charge in [0.05, 0.1) is 0 Å². The van der Waals surface area contributed by atoms with E-state index in [-0.39, 0.29) is 0 Å². The molecule has 1 unspecified atom stereocenters. The van der Waals surface area contributed by atoms with Crippen LogP contribution in [0.2, 0.25) is 0 Å². The third-order valence-corrected chi connectivity index (χ3v) is 4.63. The lowest BCUT2D eigenvalue weighted by molar-refractivity contribution is 0.257. The summed E-state index contributed by atoms with van der Waals surface area (Å²) in [4.78, 5) is 6.90. The molecule has 1 saturated carbocycles. The maximum atomic E-state index is 5.37. The van der Waals surface area contributed by atoms with Crippen LogP contribution in [0, 0.1) is 5.41 Å². The standard InChI is InChI=1S/C13H20N4O/c1-4-13(5-6-14-8-13)9-17(7-1)12-15-11(18-16-12)10-2-3-10/h10,14H,1-9H2. The Morgan fingerprint density at radius 2 is 2.28 bits per heavy atom. The summed E-state index contributed by atoms with van der Waals surface area (Å²) in [7, 11) is 0. The van der Waals surface area contributed by atoms with Crippen LogP contribution < -0.4 is 10.2 Å². The maximum absolute atomic E-state index is 5.37. The first-order chi connectivity index (χ1) is 8.85. The molecule has 18 heavy (non-hydrogen) atoms. The minimum atomic E-state index is 0.457. The Balaban J connectivity index is 1.52. The third kappa shape index (κ3) is 1.81. The molecule has 3 aliphatic rings. The summed E-state index contributed by atoms with van der Waals surface area (Å²) in [6.45, 7) is 4.47. The van der Waals surface area contributed by atoms with Crippen LogP contribution in [0.5, 0.6) is 0 Å². The summed E-state index contributed by atoms with van der Waals surface area (Å²) in [5, 5.41) is 7.67. The fourth-order valence-corrected chi connectivity index (χ4v) is 3.37. The van der Waals surface area contributed by atoms with Gasteiger partial charge in [0.25, 0.3) is 5.95 Å². The first kappa shape index (κ1) is 10.8. The quantitative estimate of drug-likeness (QED) is 0.860. The number of anilines is 1. The van der Waals surface area contributed by atoms with Gasteiger partial charge in [-0.05, 0) is 43.8 Å². The molecule has 0 radical (unpaired) electrons. The number of nitrogens with one attached hydrogen (secondary N) is 1. The van der Waals surface area contributed by atoms with Gasteiger partial charge in [0, 0.05) is 31.0 Å². The van der Waals surface area contributed by atoms with Crippen molar-refractivity contribution >= 4 is 5.95 Å². The number of hydrogen-bond acceptors (Lipinski definition) is 5. The van der Waals surface area contributed by atoms with E-state index >= 15 is 0 Å². The number of aromatic nitrogens is 2. The van der Waals surface area contributed by atoms with E-state index in [0.29, 0.717) is 11.3 Å². The molecule has 2 aliphatic heterocycles. The van der Waals surface area contributed by atoms with Gasteiger partial charge in [-0.15, -0.1) is 0 Å². The van der Waals surface area contributed by atoms with Crippen LogP contribution in [0.1, 0.15) is 43.9 Å². The van der Waals surface area contributed by atoms with Crippen LogP contribution in [-0.4, -0.2) is 36.3 Å². The average molecular weight is 248 g/mol. The van der Waals surface area contributed by atoms with E-state index in [1.54, 1.807) is 0 Å². The minimum Gasteiger partial charge on any atom is -0.338 e. The summed E-state index contributed by atoms with van der Waals surface area (Å²) in [5.74, 6) is 2.23. The Hall–Kier alpha value is -1.10. The molecule has 1 N–H and O–H groups in total.